The van der Waals surface area contributed by atoms with Gasteiger partial charge in [-0.3, -0.25) is 4.79 Å². The predicted molar refractivity (Wildman–Crippen MR) is 106 cm³/mol. The van der Waals surface area contributed by atoms with E-state index in [9.17, 15) is 4.79 Å². The fourth-order valence-electron chi connectivity index (χ4n) is 4.62. The van der Waals surface area contributed by atoms with Gasteiger partial charge < -0.3 is 9.64 Å². The number of likely N-dealkylation sites (tertiary alicyclic amines) is 1. The first-order valence-electron chi connectivity index (χ1n) is 9.21. The SMILES string of the molecule is COc1ccc([C@@]23CCN(C)[C@@H]2CC(=O)C(Sc2ccccc2)C3)cc1. The number of methoxy groups -OCH3 is 1. The normalized spacial score (nSPS) is 28.8. The van der Waals surface area contributed by atoms with E-state index in [4.69, 9.17) is 4.74 Å². The van der Waals surface area contributed by atoms with Crippen LogP contribution in [0.4, 0.5) is 0 Å². The Morgan fingerprint density at radius 3 is 2.54 bits per heavy atom. The minimum Gasteiger partial charge on any atom is -0.497 e. The second kappa shape index (κ2) is 7.09. The maximum Gasteiger partial charge on any atom is 0.147 e. The Morgan fingerprint density at radius 2 is 1.85 bits per heavy atom. The molecule has 1 aliphatic heterocycles. The van der Waals surface area contributed by atoms with E-state index >= 15 is 0 Å². The molecule has 1 unspecified atom stereocenters. The quantitative estimate of drug-likeness (QED) is 0.811. The molecule has 1 heterocycles. The van der Waals surface area contributed by atoms with Crippen molar-refractivity contribution >= 4 is 17.5 Å². The van der Waals surface area contributed by atoms with Gasteiger partial charge in [-0.2, -0.15) is 0 Å². The largest absolute Gasteiger partial charge is 0.497 e. The average Bonchev–Trinajstić information content (AvgIpc) is 3.00. The number of likely N-dealkylation sites (N-methyl/N-ethyl adjacent to an activating group) is 1. The summed E-state index contributed by atoms with van der Waals surface area (Å²) in [5.41, 5.74) is 1.40. The number of ketones is 1. The summed E-state index contributed by atoms with van der Waals surface area (Å²) in [5.74, 6) is 1.27. The third-order valence-electron chi connectivity index (χ3n) is 6.07. The van der Waals surface area contributed by atoms with Gasteiger partial charge in [-0.05, 0) is 56.3 Å². The van der Waals surface area contributed by atoms with Crippen molar-refractivity contribution in [2.45, 2.75) is 40.9 Å². The Labute approximate surface area is 159 Å². The Kier molecular flexibility index (Phi) is 4.80. The van der Waals surface area contributed by atoms with Gasteiger partial charge >= 0.3 is 0 Å². The van der Waals surface area contributed by atoms with Gasteiger partial charge in [-0.25, -0.2) is 0 Å². The van der Waals surface area contributed by atoms with Crippen molar-refractivity contribution in [3.05, 3.63) is 60.2 Å². The number of hydrogen-bond acceptors (Lipinski definition) is 4. The lowest BCUT2D eigenvalue weighted by Gasteiger charge is -2.44. The molecule has 1 saturated carbocycles. The summed E-state index contributed by atoms with van der Waals surface area (Å²) in [6.45, 7) is 1.05. The topological polar surface area (TPSA) is 29.5 Å². The van der Waals surface area contributed by atoms with Crippen LogP contribution < -0.4 is 4.74 Å². The van der Waals surface area contributed by atoms with E-state index in [1.54, 1.807) is 18.9 Å². The van der Waals surface area contributed by atoms with Gasteiger partial charge in [-0.15, -0.1) is 11.8 Å². The lowest BCUT2D eigenvalue weighted by Crippen LogP contribution is -2.50. The summed E-state index contributed by atoms with van der Waals surface area (Å²) in [6, 6.07) is 19.1. The molecule has 0 amide bonds. The second-order valence-electron chi connectivity index (χ2n) is 7.43. The molecule has 0 aromatic heterocycles. The number of rotatable bonds is 4. The third-order valence-corrected chi connectivity index (χ3v) is 7.33. The average molecular weight is 368 g/mol. The first-order valence-corrected chi connectivity index (χ1v) is 10.1. The number of nitrogens with zero attached hydrogens (tertiary/aromatic N) is 1. The van der Waals surface area contributed by atoms with Crippen LogP contribution in [-0.2, 0) is 10.2 Å². The van der Waals surface area contributed by atoms with Crippen molar-refractivity contribution in [2.24, 2.45) is 0 Å². The van der Waals surface area contributed by atoms with Crippen LogP contribution in [0.15, 0.2) is 59.5 Å². The van der Waals surface area contributed by atoms with Gasteiger partial charge in [0.25, 0.3) is 0 Å². The molecule has 2 aromatic rings. The molecule has 4 rings (SSSR count). The summed E-state index contributed by atoms with van der Waals surface area (Å²) in [4.78, 5) is 16.5. The number of ether oxygens (including phenoxy) is 1. The fourth-order valence-corrected chi connectivity index (χ4v) is 5.88. The highest BCUT2D eigenvalue weighted by molar-refractivity contribution is 8.00. The van der Waals surface area contributed by atoms with Crippen LogP contribution >= 0.6 is 11.8 Å². The number of carbonyl (C=O) groups is 1. The summed E-state index contributed by atoms with van der Waals surface area (Å²) in [5, 5.41) is 0.0299. The molecular formula is C22H25NO2S. The molecule has 0 radical (unpaired) electrons. The molecule has 3 atom stereocenters. The summed E-state index contributed by atoms with van der Waals surface area (Å²) in [6.07, 6.45) is 2.67. The van der Waals surface area contributed by atoms with Gasteiger partial charge in [0.2, 0.25) is 0 Å². The minimum atomic E-state index is 0.0299. The maximum absolute atomic E-state index is 12.9. The van der Waals surface area contributed by atoms with Crippen LogP contribution in [0, 0.1) is 0 Å². The van der Waals surface area contributed by atoms with Crippen molar-refractivity contribution in [3.63, 3.8) is 0 Å². The van der Waals surface area contributed by atoms with Crippen molar-refractivity contribution in [2.75, 3.05) is 20.7 Å². The van der Waals surface area contributed by atoms with E-state index in [0.717, 1.165) is 25.1 Å². The molecule has 2 aromatic carbocycles. The molecule has 0 N–H and O–H groups in total. The highest BCUT2D eigenvalue weighted by atomic mass is 32.2. The van der Waals surface area contributed by atoms with Crippen LogP contribution in [0.3, 0.4) is 0 Å². The van der Waals surface area contributed by atoms with Crippen LogP contribution in [0.2, 0.25) is 0 Å². The molecule has 1 saturated heterocycles. The lowest BCUT2D eigenvalue weighted by molar-refractivity contribution is -0.122. The van der Waals surface area contributed by atoms with Gasteiger partial charge in [-0.1, -0.05) is 30.3 Å². The summed E-state index contributed by atoms with van der Waals surface area (Å²) < 4.78 is 5.34. The molecule has 3 nitrogen and oxygen atoms in total. The Hall–Kier alpha value is -1.78. The second-order valence-corrected chi connectivity index (χ2v) is 8.70. The number of fused-ring (bicyclic) bond motifs is 1. The van der Waals surface area contributed by atoms with Gasteiger partial charge in [0.05, 0.1) is 12.4 Å². The van der Waals surface area contributed by atoms with E-state index in [1.165, 1.54) is 10.5 Å². The first kappa shape index (κ1) is 17.6. The zero-order valence-electron chi connectivity index (χ0n) is 15.4. The van der Waals surface area contributed by atoms with Crippen molar-refractivity contribution in [3.8, 4) is 5.75 Å². The van der Waals surface area contributed by atoms with Crippen LogP contribution in [0.25, 0.3) is 0 Å². The molecule has 2 fully saturated rings. The van der Waals surface area contributed by atoms with E-state index in [-0.39, 0.29) is 10.7 Å². The smallest absolute Gasteiger partial charge is 0.147 e. The monoisotopic (exact) mass is 367 g/mol. The van der Waals surface area contributed by atoms with Gasteiger partial charge in [0, 0.05) is 22.8 Å². The molecular weight excluding hydrogens is 342 g/mol. The molecule has 0 spiro atoms. The van der Waals surface area contributed by atoms with E-state index in [1.807, 2.05) is 18.2 Å². The van der Waals surface area contributed by atoms with E-state index in [2.05, 4.69) is 48.3 Å². The zero-order valence-corrected chi connectivity index (χ0v) is 16.2. The van der Waals surface area contributed by atoms with Gasteiger partial charge in [0.1, 0.15) is 11.5 Å². The molecule has 136 valence electrons. The van der Waals surface area contributed by atoms with Crippen LogP contribution in [0.1, 0.15) is 24.8 Å². The van der Waals surface area contributed by atoms with Crippen molar-refractivity contribution in [1.29, 1.82) is 0 Å². The predicted octanol–water partition coefficient (Wildman–Crippen LogP) is 4.16. The number of carbonyl (C=O) groups excluding carboxylic acids is 1. The fraction of sp³-hybridized carbons (Fsp3) is 0.409. The Morgan fingerprint density at radius 1 is 1.12 bits per heavy atom. The maximum atomic E-state index is 12.9. The zero-order chi connectivity index (χ0) is 18.1. The van der Waals surface area contributed by atoms with Crippen molar-refractivity contribution < 1.29 is 9.53 Å². The molecule has 1 aliphatic carbocycles. The van der Waals surface area contributed by atoms with E-state index < -0.39 is 0 Å². The summed E-state index contributed by atoms with van der Waals surface area (Å²) >= 11 is 1.73. The van der Waals surface area contributed by atoms with E-state index in [0.29, 0.717) is 18.2 Å². The van der Waals surface area contributed by atoms with Crippen LogP contribution in [0.5, 0.6) is 5.75 Å². The standard InChI is InChI=1S/C22H25NO2S/c1-23-13-12-22(16-8-10-17(25-2)11-9-16)15-20(19(24)14-21(22)23)26-18-6-4-3-5-7-18/h3-11,20-21H,12-15H2,1-2H3/t20?,21-,22+/m1/s1. The molecule has 26 heavy (non-hydrogen) atoms. The Balaban J connectivity index is 1.66. The molecule has 0 bridgehead atoms. The highest BCUT2D eigenvalue weighted by Crippen LogP contribution is 2.50. The third kappa shape index (κ3) is 3.06. The number of Topliss-reactive ketones (excluding diaryl/α,β-unsaturated/α-hetero) is 1. The molecule has 2 aliphatic rings. The summed E-state index contributed by atoms with van der Waals surface area (Å²) in [7, 11) is 3.86. The van der Waals surface area contributed by atoms with Gasteiger partial charge in [0.15, 0.2) is 0 Å². The molecule has 4 heteroatoms. The minimum absolute atomic E-state index is 0.0299. The first-order chi connectivity index (χ1) is 12.6. The van der Waals surface area contributed by atoms with Crippen LogP contribution in [-0.4, -0.2) is 42.7 Å². The lowest BCUT2D eigenvalue weighted by atomic mass is 9.65. The number of hydrogen-bond donors (Lipinski definition) is 0. The Bertz CT molecular complexity index is 776. The highest BCUT2D eigenvalue weighted by Gasteiger charge is 2.53. The number of thioether (sulfide) groups is 1. The number of benzene rings is 2. The van der Waals surface area contributed by atoms with Crippen molar-refractivity contribution in [1.82, 2.24) is 4.90 Å².